The molecule has 2 unspecified atom stereocenters. The lowest BCUT2D eigenvalue weighted by atomic mass is 9.93. The third-order valence-corrected chi connectivity index (χ3v) is 3.05. The van der Waals surface area contributed by atoms with Crippen molar-refractivity contribution in [3.8, 4) is 12.1 Å². The summed E-state index contributed by atoms with van der Waals surface area (Å²) in [5, 5.41) is 26.8. The average molecular weight is 262 g/mol. The van der Waals surface area contributed by atoms with Gasteiger partial charge in [0.1, 0.15) is 0 Å². The van der Waals surface area contributed by atoms with Gasteiger partial charge in [0.2, 0.25) is 0 Å². The standard InChI is InChI=1S/C15H26N4/c1-6-7-8-9-14(4,11-16)18-19-15(5,12-17)10-13(2)3/h13H,6-10H2,1-5H3. The van der Waals surface area contributed by atoms with E-state index >= 15 is 0 Å². The van der Waals surface area contributed by atoms with Gasteiger partial charge < -0.3 is 0 Å². The summed E-state index contributed by atoms with van der Waals surface area (Å²) in [6.45, 7) is 9.80. The number of rotatable bonds is 8. The van der Waals surface area contributed by atoms with Crippen molar-refractivity contribution in [1.82, 2.24) is 0 Å². The van der Waals surface area contributed by atoms with E-state index in [-0.39, 0.29) is 0 Å². The van der Waals surface area contributed by atoms with Crippen LogP contribution in [-0.4, -0.2) is 11.1 Å². The van der Waals surface area contributed by atoms with Gasteiger partial charge in [-0.15, -0.1) is 0 Å². The summed E-state index contributed by atoms with van der Waals surface area (Å²) in [5.41, 5.74) is -1.62. The molecule has 0 aliphatic carbocycles. The van der Waals surface area contributed by atoms with Crippen LogP contribution in [-0.2, 0) is 0 Å². The zero-order chi connectivity index (χ0) is 14.9. The highest BCUT2D eigenvalue weighted by molar-refractivity contribution is 5.07. The third kappa shape index (κ3) is 6.91. The monoisotopic (exact) mass is 262 g/mol. The van der Waals surface area contributed by atoms with Crippen LogP contribution in [0.5, 0.6) is 0 Å². The van der Waals surface area contributed by atoms with Crippen LogP contribution >= 0.6 is 0 Å². The van der Waals surface area contributed by atoms with Crippen molar-refractivity contribution in [2.24, 2.45) is 16.1 Å². The van der Waals surface area contributed by atoms with E-state index in [9.17, 15) is 10.5 Å². The molecule has 106 valence electrons. The van der Waals surface area contributed by atoms with Crippen molar-refractivity contribution in [3.05, 3.63) is 0 Å². The maximum absolute atomic E-state index is 9.25. The molecule has 0 bridgehead atoms. The molecule has 0 radical (unpaired) electrons. The number of azo groups is 1. The number of hydrogen-bond donors (Lipinski definition) is 0. The fraction of sp³-hybridized carbons (Fsp3) is 0.867. The molecule has 0 rings (SSSR count). The minimum absolute atomic E-state index is 0.372. The van der Waals surface area contributed by atoms with Crippen LogP contribution in [0.1, 0.15) is 66.7 Å². The molecule has 0 saturated heterocycles. The summed E-state index contributed by atoms with van der Waals surface area (Å²) >= 11 is 0. The Morgan fingerprint density at radius 2 is 1.53 bits per heavy atom. The summed E-state index contributed by atoms with van der Waals surface area (Å²) in [6, 6.07) is 4.42. The first kappa shape index (κ1) is 17.6. The van der Waals surface area contributed by atoms with Crippen molar-refractivity contribution in [2.75, 3.05) is 0 Å². The second kappa shape index (κ2) is 7.89. The van der Waals surface area contributed by atoms with E-state index in [1.54, 1.807) is 13.8 Å². The van der Waals surface area contributed by atoms with Crippen LogP contribution in [0, 0.1) is 28.6 Å². The van der Waals surface area contributed by atoms with Crippen LogP contribution < -0.4 is 0 Å². The normalized spacial score (nSPS) is 17.7. The molecular formula is C15H26N4. The van der Waals surface area contributed by atoms with Crippen molar-refractivity contribution >= 4 is 0 Å². The second-order valence-electron chi connectivity index (χ2n) is 6.03. The molecule has 2 atom stereocenters. The molecule has 0 aromatic rings. The Morgan fingerprint density at radius 1 is 1.00 bits per heavy atom. The van der Waals surface area contributed by atoms with E-state index < -0.39 is 11.1 Å². The van der Waals surface area contributed by atoms with Gasteiger partial charge in [0, 0.05) is 0 Å². The van der Waals surface area contributed by atoms with Crippen LogP contribution in [0.3, 0.4) is 0 Å². The van der Waals surface area contributed by atoms with E-state index in [0.717, 1.165) is 19.3 Å². The van der Waals surface area contributed by atoms with Gasteiger partial charge in [-0.3, -0.25) is 0 Å². The first-order valence-electron chi connectivity index (χ1n) is 7.07. The Labute approximate surface area is 117 Å². The molecule has 0 N–H and O–H groups in total. The van der Waals surface area contributed by atoms with Gasteiger partial charge in [0.15, 0.2) is 11.1 Å². The molecule has 0 aliphatic heterocycles. The molecule has 0 spiro atoms. The van der Waals surface area contributed by atoms with Gasteiger partial charge in [-0.1, -0.05) is 33.6 Å². The van der Waals surface area contributed by atoms with Gasteiger partial charge in [-0.25, -0.2) is 0 Å². The summed E-state index contributed by atoms with van der Waals surface area (Å²) in [4.78, 5) is 0. The minimum Gasteiger partial charge on any atom is -0.196 e. The SMILES string of the molecule is CCCCCC(C)(C#N)N=NC(C)(C#N)CC(C)C. The lowest BCUT2D eigenvalue weighted by Crippen LogP contribution is -2.25. The van der Waals surface area contributed by atoms with Gasteiger partial charge in [-0.2, -0.15) is 20.8 Å². The maximum Gasteiger partial charge on any atom is 0.165 e. The Bertz CT molecular complexity index is 375. The van der Waals surface area contributed by atoms with Gasteiger partial charge in [0.05, 0.1) is 12.1 Å². The van der Waals surface area contributed by atoms with E-state index in [2.05, 4.69) is 43.1 Å². The average Bonchev–Trinajstić information content (AvgIpc) is 2.36. The van der Waals surface area contributed by atoms with Gasteiger partial charge in [-0.05, 0) is 39.0 Å². The van der Waals surface area contributed by atoms with Gasteiger partial charge in [0.25, 0.3) is 0 Å². The largest absolute Gasteiger partial charge is 0.196 e. The number of hydrogen-bond acceptors (Lipinski definition) is 4. The van der Waals surface area contributed by atoms with Crippen LogP contribution in [0.25, 0.3) is 0 Å². The zero-order valence-corrected chi connectivity index (χ0v) is 12.9. The Balaban J connectivity index is 4.80. The van der Waals surface area contributed by atoms with Crippen molar-refractivity contribution in [3.63, 3.8) is 0 Å². The molecule has 19 heavy (non-hydrogen) atoms. The molecule has 0 fully saturated rings. The minimum atomic E-state index is -0.822. The molecule has 0 aliphatic rings. The summed E-state index contributed by atoms with van der Waals surface area (Å²) in [6.07, 6.45) is 4.52. The van der Waals surface area contributed by atoms with Crippen molar-refractivity contribution in [1.29, 1.82) is 10.5 Å². The lowest BCUT2D eigenvalue weighted by molar-refractivity contribution is 0.401. The maximum atomic E-state index is 9.25. The highest BCUT2D eigenvalue weighted by Crippen LogP contribution is 2.25. The van der Waals surface area contributed by atoms with Crippen LogP contribution in [0.15, 0.2) is 10.2 Å². The molecule has 4 nitrogen and oxygen atoms in total. The smallest absolute Gasteiger partial charge is 0.165 e. The highest BCUT2D eigenvalue weighted by Gasteiger charge is 2.28. The predicted molar refractivity (Wildman–Crippen MR) is 76.5 cm³/mol. The first-order valence-corrected chi connectivity index (χ1v) is 7.07. The van der Waals surface area contributed by atoms with E-state index in [0.29, 0.717) is 18.8 Å². The summed E-state index contributed by atoms with van der Waals surface area (Å²) < 4.78 is 0. The predicted octanol–water partition coefficient (Wildman–Crippen LogP) is 4.63. The first-order chi connectivity index (χ1) is 8.81. The molecule has 0 amide bonds. The van der Waals surface area contributed by atoms with E-state index in [4.69, 9.17) is 0 Å². The van der Waals surface area contributed by atoms with Gasteiger partial charge >= 0.3 is 0 Å². The highest BCUT2D eigenvalue weighted by atomic mass is 15.2. The third-order valence-electron chi connectivity index (χ3n) is 3.05. The summed E-state index contributed by atoms with van der Waals surface area (Å²) in [7, 11) is 0. The number of nitriles is 2. The zero-order valence-electron chi connectivity index (χ0n) is 12.9. The second-order valence-corrected chi connectivity index (χ2v) is 6.03. The van der Waals surface area contributed by atoms with E-state index in [1.165, 1.54) is 0 Å². The molecule has 4 heteroatoms. The summed E-state index contributed by atoms with van der Waals surface area (Å²) in [5.74, 6) is 0.372. The lowest BCUT2D eigenvalue weighted by Gasteiger charge is -2.20. The Morgan fingerprint density at radius 3 is 1.95 bits per heavy atom. The van der Waals surface area contributed by atoms with Crippen LogP contribution in [0.2, 0.25) is 0 Å². The Kier molecular flexibility index (Phi) is 7.30. The molecule has 0 saturated carbocycles. The topological polar surface area (TPSA) is 72.3 Å². The van der Waals surface area contributed by atoms with Crippen molar-refractivity contribution in [2.45, 2.75) is 77.8 Å². The fourth-order valence-electron chi connectivity index (χ4n) is 1.97. The number of nitrogens with zero attached hydrogens (tertiary/aromatic N) is 4. The van der Waals surface area contributed by atoms with Crippen molar-refractivity contribution < 1.29 is 0 Å². The van der Waals surface area contributed by atoms with Crippen LogP contribution in [0.4, 0.5) is 0 Å². The molecule has 0 aromatic heterocycles. The molecule has 0 heterocycles. The van der Waals surface area contributed by atoms with E-state index in [1.807, 2.05) is 0 Å². The molecular weight excluding hydrogens is 236 g/mol. The molecule has 0 aromatic carbocycles. The Hall–Kier alpha value is -1.42. The number of unbranched alkanes of at least 4 members (excludes halogenated alkanes) is 2. The fourth-order valence-corrected chi connectivity index (χ4v) is 1.97. The quantitative estimate of drug-likeness (QED) is 0.472.